The van der Waals surface area contributed by atoms with Crippen molar-refractivity contribution in [3.8, 4) is 0 Å². The van der Waals surface area contributed by atoms with Crippen molar-refractivity contribution in [2.75, 3.05) is 42.9 Å². The molecule has 30 heavy (non-hydrogen) atoms. The molecule has 0 saturated carbocycles. The van der Waals surface area contributed by atoms with Gasteiger partial charge in [0, 0.05) is 50.0 Å². The van der Waals surface area contributed by atoms with E-state index in [2.05, 4.69) is 53.6 Å². The number of urea groups is 1. The highest BCUT2D eigenvalue weighted by Gasteiger charge is 2.27. The van der Waals surface area contributed by atoms with E-state index in [0.717, 1.165) is 18.8 Å². The van der Waals surface area contributed by atoms with Crippen LogP contribution >= 0.6 is 0 Å². The number of hydrogen-bond acceptors (Lipinski definition) is 3. The third kappa shape index (κ3) is 5.99. The average molecular weight is 409 g/mol. The smallest absolute Gasteiger partial charge is 0.321 e. The number of rotatable bonds is 7. The summed E-state index contributed by atoms with van der Waals surface area (Å²) in [6, 6.07) is 17.8. The SMILES string of the molecule is CCN(CCNC(=O)C1CCN(C(=O)Nc2ccccc2)CC1)c1cccc(C)c1. The van der Waals surface area contributed by atoms with Crippen LogP contribution < -0.4 is 15.5 Å². The number of anilines is 2. The minimum absolute atomic E-state index is 0.0279. The van der Waals surface area contributed by atoms with Crippen molar-refractivity contribution in [1.82, 2.24) is 10.2 Å². The number of nitrogens with zero attached hydrogens (tertiary/aromatic N) is 2. The van der Waals surface area contributed by atoms with Crippen molar-refractivity contribution in [2.45, 2.75) is 26.7 Å². The first-order valence-corrected chi connectivity index (χ1v) is 10.8. The Morgan fingerprint density at radius 2 is 1.80 bits per heavy atom. The highest BCUT2D eigenvalue weighted by atomic mass is 16.2. The van der Waals surface area contributed by atoms with Gasteiger partial charge in [-0.15, -0.1) is 0 Å². The molecule has 0 unspecified atom stereocenters. The van der Waals surface area contributed by atoms with Crippen LogP contribution in [0.3, 0.4) is 0 Å². The molecular weight excluding hydrogens is 376 g/mol. The first kappa shape index (κ1) is 21.7. The highest BCUT2D eigenvalue weighted by Crippen LogP contribution is 2.19. The molecule has 0 aromatic heterocycles. The Labute approximate surface area is 179 Å². The molecular formula is C24H32N4O2. The van der Waals surface area contributed by atoms with E-state index < -0.39 is 0 Å². The fourth-order valence-corrected chi connectivity index (χ4v) is 3.82. The van der Waals surface area contributed by atoms with Gasteiger partial charge in [0.25, 0.3) is 0 Å². The van der Waals surface area contributed by atoms with Crippen molar-refractivity contribution in [3.63, 3.8) is 0 Å². The molecule has 3 rings (SSSR count). The Bertz CT molecular complexity index is 832. The molecule has 0 bridgehead atoms. The van der Waals surface area contributed by atoms with Crippen molar-refractivity contribution < 1.29 is 9.59 Å². The second-order valence-corrected chi connectivity index (χ2v) is 7.77. The predicted molar refractivity (Wildman–Crippen MR) is 122 cm³/mol. The molecule has 1 aliphatic rings. The third-order valence-electron chi connectivity index (χ3n) is 5.61. The van der Waals surface area contributed by atoms with Crippen LogP contribution in [-0.4, -0.2) is 49.6 Å². The van der Waals surface area contributed by atoms with Crippen LogP contribution in [0.25, 0.3) is 0 Å². The molecule has 2 N–H and O–H groups in total. The quantitative estimate of drug-likeness (QED) is 0.731. The van der Waals surface area contributed by atoms with Gasteiger partial charge in [-0.3, -0.25) is 4.79 Å². The lowest BCUT2D eigenvalue weighted by molar-refractivity contribution is -0.126. The standard InChI is InChI=1S/C24H32N4O2/c1-3-27(22-11-7-8-19(2)18-22)17-14-25-23(29)20-12-15-28(16-13-20)24(30)26-21-9-5-4-6-10-21/h4-11,18,20H,3,12-17H2,1-2H3,(H,25,29)(H,26,30). The number of para-hydroxylation sites is 1. The van der Waals surface area contributed by atoms with Gasteiger partial charge < -0.3 is 20.4 Å². The van der Waals surface area contributed by atoms with Crippen molar-refractivity contribution in [1.29, 1.82) is 0 Å². The minimum Gasteiger partial charge on any atom is -0.370 e. The molecule has 0 atom stereocenters. The first-order chi connectivity index (χ1) is 14.6. The largest absolute Gasteiger partial charge is 0.370 e. The molecule has 1 fully saturated rings. The number of likely N-dealkylation sites (tertiary alicyclic amines) is 1. The lowest BCUT2D eigenvalue weighted by Crippen LogP contribution is -2.45. The second-order valence-electron chi connectivity index (χ2n) is 7.77. The monoisotopic (exact) mass is 408 g/mol. The second kappa shape index (κ2) is 10.7. The number of likely N-dealkylation sites (N-methyl/N-ethyl adjacent to an activating group) is 1. The van der Waals surface area contributed by atoms with E-state index in [-0.39, 0.29) is 17.9 Å². The molecule has 1 aliphatic heterocycles. The number of nitrogens with one attached hydrogen (secondary N) is 2. The first-order valence-electron chi connectivity index (χ1n) is 10.8. The van der Waals surface area contributed by atoms with Gasteiger partial charge in [-0.25, -0.2) is 4.79 Å². The molecule has 0 spiro atoms. The summed E-state index contributed by atoms with van der Waals surface area (Å²) >= 11 is 0. The molecule has 2 aromatic carbocycles. The zero-order chi connectivity index (χ0) is 21.3. The minimum atomic E-state index is -0.100. The molecule has 0 aliphatic carbocycles. The maximum atomic E-state index is 12.6. The number of aryl methyl sites for hydroxylation is 1. The van der Waals surface area contributed by atoms with Gasteiger partial charge in [-0.05, 0) is 56.5 Å². The summed E-state index contributed by atoms with van der Waals surface area (Å²) in [6.45, 7) is 7.71. The fraction of sp³-hybridized carbons (Fsp3) is 0.417. The lowest BCUT2D eigenvalue weighted by atomic mass is 9.96. The highest BCUT2D eigenvalue weighted by molar-refractivity contribution is 5.89. The van der Waals surface area contributed by atoms with Crippen molar-refractivity contribution in [3.05, 3.63) is 60.2 Å². The number of amides is 3. The number of carbonyl (C=O) groups excluding carboxylic acids is 2. The number of benzene rings is 2. The van der Waals surface area contributed by atoms with Crippen LogP contribution in [0.4, 0.5) is 16.2 Å². The Morgan fingerprint density at radius 3 is 2.47 bits per heavy atom. The maximum Gasteiger partial charge on any atom is 0.321 e. The number of carbonyl (C=O) groups is 2. The summed E-state index contributed by atoms with van der Waals surface area (Å²) in [6.07, 6.45) is 1.40. The molecule has 0 radical (unpaired) electrons. The van der Waals surface area contributed by atoms with E-state index in [1.54, 1.807) is 4.90 Å². The summed E-state index contributed by atoms with van der Waals surface area (Å²) < 4.78 is 0. The van der Waals surface area contributed by atoms with E-state index in [0.29, 0.717) is 32.5 Å². The zero-order valence-corrected chi connectivity index (χ0v) is 17.9. The zero-order valence-electron chi connectivity index (χ0n) is 17.9. The Kier molecular flexibility index (Phi) is 7.71. The van der Waals surface area contributed by atoms with Crippen molar-refractivity contribution >= 4 is 23.3 Å². The van der Waals surface area contributed by atoms with Gasteiger partial charge in [-0.1, -0.05) is 30.3 Å². The van der Waals surface area contributed by atoms with Crippen LogP contribution in [0.1, 0.15) is 25.3 Å². The molecule has 3 amide bonds. The van der Waals surface area contributed by atoms with Crippen LogP contribution in [-0.2, 0) is 4.79 Å². The molecule has 1 heterocycles. The van der Waals surface area contributed by atoms with Crippen LogP contribution in [0.2, 0.25) is 0 Å². The van der Waals surface area contributed by atoms with E-state index in [4.69, 9.17) is 0 Å². The van der Waals surface area contributed by atoms with Crippen LogP contribution in [0, 0.1) is 12.8 Å². The number of hydrogen-bond donors (Lipinski definition) is 2. The summed E-state index contributed by atoms with van der Waals surface area (Å²) in [5.41, 5.74) is 3.21. The fourth-order valence-electron chi connectivity index (χ4n) is 3.82. The molecule has 1 saturated heterocycles. The summed E-state index contributed by atoms with van der Waals surface area (Å²) in [7, 11) is 0. The molecule has 6 heteroatoms. The van der Waals surface area contributed by atoms with E-state index >= 15 is 0 Å². The van der Waals surface area contributed by atoms with Gasteiger partial charge in [0.1, 0.15) is 0 Å². The summed E-state index contributed by atoms with van der Waals surface area (Å²) in [5.74, 6) is 0.0678. The molecule has 160 valence electrons. The predicted octanol–water partition coefficient (Wildman–Crippen LogP) is 3.88. The molecule has 6 nitrogen and oxygen atoms in total. The normalized spacial score (nSPS) is 14.3. The summed E-state index contributed by atoms with van der Waals surface area (Å²) in [5, 5.41) is 6.00. The topological polar surface area (TPSA) is 64.7 Å². The van der Waals surface area contributed by atoms with Gasteiger partial charge >= 0.3 is 6.03 Å². The van der Waals surface area contributed by atoms with Crippen LogP contribution in [0.15, 0.2) is 54.6 Å². The van der Waals surface area contributed by atoms with Crippen molar-refractivity contribution in [2.24, 2.45) is 5.92 Å². The third-order valence-corrected chi connectivity index (χ3v) is 5.61. The van der Waals surface area contributed by atoms with Crippen LogP contribution in [0.5, 0.6) is 0 Å². The van der Waals surface area contributed by atoms with Gasteiger partial charge in [0.05, 0.1) is 0 Å². The Balaban J connectivity index is 1.40. The Morgan fingerprint density at radius 1 is 1.07 bits per heavy atom. The molecule has 2 aromatic rings. The number of piperidine rings is 1. The lowest BCUT2D eigenvalue weighted by Gasteiger charge is -2.31. The van der Waals surface area contributed by atoms with E-state index in [1.165, 1.54) is 11.3 Å². The maximum absolute atomic E-state index is 12.6. The average Bonchev–Trinajstić information content (AvgIpc) is 2.77. The van der Waals surface area contributed by atoms with E-state index in [1.807, 2.05) is 30.3 Å². The summed E-state index contributed by atoms with van der Waals surface area (Å²) in [4.78, 5) is 29.0. The Hall–Kier alpha value is -3.02. The van der Waals surface area contributed by atoms with Gasteiger partial charge in [0.2, 0.25) is 5.91 Å². The van der Waals surface area contributed by atoms with Gasteiger partial charge in [-0.2, -0.15) is 0 Å². The van der Waals surface area contributed by atoms with Gasteiger partial charge in [0.15, 0.2) is 0 Å². The van der Waals surface area contributed by atoms with E-state index in [9.17, 15) is 9.59 Å².